The number of hydrogen-bond donors (Lipinski definition) is 1. The van der Waals surface area contributed by atoms with E-state index in [1.54, 1.807) is 30.1 Å². The summed E-state index contributed by atoms with van der Waals surface area (Å²) in [7, 11) is 0. The third-order valence-corrected chi connectivity index (χ3v) is 3.78. The molecule has 0 aliphatic rings. The van der Waals surface area contributed by atoms with Gasteiger partial charge in [0.05, 0.1) is 10.2 Å². The molecule has 2 aromatic heterocycles. The zero-order chi connectivity index (χ0) is 13.2. The molecule has 0 radical (unpaired) electrons. The quantitative estimate of drug-likeness (QED) is 0.797. The summed E-state index contributed by atoms with van der Waals surface area (Å²) in [5, 5.41) is 7.50. The highest BCUT2D eigenvalue weighted by Crippen LogP contribution is 2.25. The number of benzene rings is 1. The fraction of sp³-hybridized carbons (Fsp3) is 0.154. The van der Waals surface area contributed by atoms with E-state index in [1.165, 1.54) is 11.3 Å². The van der Waals surface area contributed by atoms with E-state index >= 15 is 0 Å². The minimum Gasteiger partial charge on any atom is -0.300 e. The first-order chi connectivity index (χ1) is 9.24. The highest BCUT2D eigenvalue weighted by atomic mass is 32.1. The normalized spacial score (nSPS) is 12.5. The highest BCUT2D eigenvalue weighted by molar-refractivity contribution is 7.22. The molecular formula is C13H12N4OS. The smallest absolute Gasteiger partial charge is 0.250 e. The minimum absolute atomic E-state index is 0.122. The average molecular weight is 272 g/mol. The van der Waals surface area contributed by atoms with Gasteiger partial charge in [0.25, 0.3) is 5.91 Å². The van der Waals surface area contributed by atoms with Gasteiger partial charge >= 0.3 is 0 Å². The lowest BCUT2D eigenvalue weighted by molar-refractivity contribution is -0.119. The summed E-state index contributed by atoms with van der Waals surface area (Å²) in [6, 6.07) is 9.24. The van der Waals surface area contributed by atoms with Gasteiger partial charge in [0.1, 0.15) is 6.04 Å². The molecule has 0 unspecified atom stereocenters. The number of hydrogen-bond acceptors (Lipinski definition) is 4. The zero-order valence-corrected chi connectivity index (χ0v) is 11.1. The molecule has 0 spiro atoms. The number of aromatic nitrogens is 3. The first-order valence-electron chi connectivity index (χ1n) is 5.89. The van der Waals surface area contributed by atoms with Crippen molar-refractivity contribution in [2.45, 2.75) is 13.0 Å². The summed E-state index contributed by atoms with van der Waals surface area (Å²) in [5.41, 5.74) is 0.898. The van der Waals surface area contributed by atoms with E-state index in [2.05, 4.69) is 15.4 Å². The molecule has 1 atom stereocenters. The van der Waals surface area contributed by atoms with E-state index < -0.39 is 0 Å². The lowest BCUT2D eigenvalue weighted by atomic mass is 10.3. The van der Waals surface area contributed by atoms with Gasteiger partial charge < -0.3 is 5.32 Å². The lowest BCUT2D eigenvalue weighted by Gasteiger charge is -2.10. The van der Waals surface area contributed by atoms with Gasteiger partial charge in [0.15, 0.2) is 5.13 Å². The van der Waals surface area contributed by atoms with Crippen molar-refractivity contribution in [3.05, 3.63) is 42.7 Å². The fourth-order valence-electron chi connectivity index (χ4n) is 1.77. The molecule has 0 bridgehead atoms. The predicted octanol–water partition coefficient (Wildman–Crippen LogP) is 2.69. The maximum absolute atomic E-state index is 12.1. The summed E-state index contributed by atoms with van der Waals surface area (Å²) >= 11 is 1.47. The average Bonchev–Trinajstić information content (AvgIpc) is 3.06. The van der Waals surface area contributed by atoms with Gasteiger partial charge in [-0.05, 0) is 25.1 Å². The molecule has 6 heteroatoms. The molecule has 1 amide bonds. The fourth-order valence-corrected chi connectivity index (χ4v) is 2.63. The molecule has 1 N–H and O–H groups in total. The molecular weight excluding hydrogens is 260 g/mol. The summed E-state index contributed by atoms with van der Waals surface area (Å²) in [6.45, 7) is 1.80. The third-order valence-electron chi connectivity index (χ3n) is 2.83. The number of fused-ring (bicyclic) bond motifs is 1. The standard InChI is InChI=1S/C13H12N4OS/c1-9(17-8-4-7-14-17)12(18)16-13-15-10-5-2-3-6-11(10)19-13/h2-9H,1H3,(H,15,16,18)/t9-/m0/s1. The largest absolute Gasteiger partial charge is 0.300 e. The van der Waals surface area contributed by atoms with Crippen molar-refractivity contribution in [1.29, 1.82) is 0 Å². The number of nitrogens with one attached hydrogen (secondary N) is 1. The number of anilines is 1. The third kappa shape index (κ3) is 2.34. The Hall–Kier alpha value is -2.21. The van der Waals surface area contributed by atoms with E-state index in [-0.39, 0.29) is 11.9 Å². The van der Waals surface area contributed by atoms with Crippen molar-refractivity contribution >= 4 is 32.6 Å². The van der Waals surface area contributed by atoms with Gasteiger partial charge in [0.2, 0.25) is 0 Å². The Morgan fingerprint density at radius 2 is 2.21 bits per heavy atom. The Labute approximate surface area is 113 Å². The van der Waals surface area contributed by atoms with Gasteiger partial charge in [-0.1, -0.05) is 23.5 Å². The Morgan fingerprint density at radius 3 is 2.95 bits per heavy atom. The molecule has 0 aliphatic heterocycles. The molecule has 0 fully saturated rings. The number of carbonyl (C=O) groups is 1. The zero-order valence-electron chi connectivity index (χ0n) is 10.3. The van der Waals surface area contributed by atoms with Crippen LogP contribution in [0.5, 0.6) is 0 Å². The molecule has 0 saturated carbocycles. The van der Waals surface area contributed by atoms with Crippen LogP contribution in [-0.4, -0.2) is 20.7 Å². The highest BCUT2D eigenvalue weighted by Gasteiger charge is 2.16. The van der Waals surface area contributed by atoms with Crippen LogP contribution < -0.4 is 5.32 Å². The molecule has 19 heavy (non-hydrogen) atoms. The van der Waals surface area contributed by atoms with E-state index in [0.717, 1.165) is 10.2 Å². The van der Waals surface area contributed by atoms with Gasteiger partial charge in [0, 0.05) is 12.4 Å². The second kappa shape index (κ2) is 4.81. The Balaban J connectivity index is 1.79. The van der Waals surface area contributed by atoms with Crippen LogP contribution in [0.4, 0.5) is 5.13 Å². The Morgan fingerprint density at radius 1 is 1.37 bits per heavy atom. The molecule has 5 nitrogen and oxygen atoms in total. The summed E-state index contributed by atoms with van der Waals surface area (Å²) in [6.07, 6.45) is 3.42. The number of nitrogens with zero attached hydrogens (tertiary/aromatic N) is 3. The number of thiazole rings is 1. The lowest BCUT2D eigenvalue weighted by Crippen LogP contribution is -2.23. The van der Waals surface area contributed by atoms with Gasteiger partial charge in [-0.25, -0.2) is 4.98 Å². The molecule has 3 aromatic rings. The summed E-state index contributed by atoms with van der Waals surface area (Å²) in [5.74, 6) is -0.122. The molecule has 0 saturated heterocycles. The van der Waals surface area contributed by atoms with Crippen LogP contribution in [0.15, 0.2) is 42.7 Å². The minimum atomic E-state index is -0.359. The molecule has 0 aliphatic carbocycles. The van der Waals surface area contributed by atoms with E-state index in [0.29, 0.717) is 5.13 Å². The second-order valence-electron chi connectivity index (χ2n) is 4.14. The van der Waals surface area contributed by atoms with Crippen LogP contribution in [-0.2, 0) is 4.79 Å². The number of para-hydroxylation sites is 1. The van der Waals surface area contributed by atoms with Gasteiger partial charge in [-0.2, -0.15) is 5.10 Å². The van der Waals surface area contributed by atoms with E-state index in [1.807, 2.05) is 24.3 Å². The van der Waals surface area contributed by atoms with Crippen molar-refractivity contribution in [3.63, 3.8) is 0 Å². The number of carbonyl (C=O) groups excluding carboxylic acids is 1. The van der Waals surface area contributed by atoms with Crippen LogP contribution in [0.25, 0.3) is 10.2 Å². The Bertz CT molecular complexity index is 671. The number of rotatable bonds is 3. The van der Waals surface area contributed by atoms with Crippen LogP contribution in [0.1, 0.15) is 13.0 Å². The van der Waals surface area contributed by atoms with E-state index in [4.69, 9.17) is 0 Å². The molecule has 2 heterocycles. The first-order valence-corrected chi connectivity index (χ1v) is 6.71. The van der Waals surface area contributed by atoms with Crippen molar-refractivity contribution < 1.29 is 4.79 Å². The molecule has 3 rings (SSSR count). The van der Waals surface area contributed by atoms with Gasteiger partial charge in [-0.15, -0.1) is 0 Å². The topological polar surface area (TPSA) is 59.8 Å². The van der Waals surface area contributed by atoms with Crippen molar-refractivity contribution in [3.8, 4) is 0 Å². The van der Waals surface area contributed by atoms with E-state index in [9.17, 15) is 4.79 Å². The van der Waals surface area contributed by atoms with Crippen molar-refractivity contribution in [1.82, 2.24) is 14.8 Å². The maximum atomic E-state index is 12.1. The van der Waals surface area contributed by atoms with Crippen LogP contribution in [0.2, 0.25) is 0 Å². The number of amides is 1. The molecule has 1 aromatic carbocycles. The van der Waals surface area contributed by atoms with Crippen molar-refractivity contribution in [2.75, 3.05) is 5.32 Å². The van der Waals surface area contributed by atoms with Crippen molar-refractivity contribution in [2.24, 2.45) is 0 Å². The first kappa shape index (κ1) is 11.9. The Kier molecular flexibility index (Phi) is 3.00. The van der Waals surface area contributed by atoms with Crippen LogP contribution >= 0.6 is 11.3 Å². The SMILES string of the molecule is C[C@@H](C(=O)Nc1nc2ccccc2s1)n1cccn1. The van der Waals surface area contributed by atoms with Crippen LogP contribution in [0.3, 0.4) is 0 Å². The predicted molar refractivity (Wildman–Crippen MR) is 75.2 cm³/mol. The molecule has 96 valence electrons. The summed E-state index contributed by atoms with van der Waals surface area (Å²) < 4.78 is 2.67. The second-order valence-corrected chi connectivity index (χ2v) is 5.17. The van der Waals surface area contributed by atoms with Crippen LogP contribution in [0, 0.1) is 0 Å². The summed E-state index contributed by atoms with van der Waals surface area (Å²) in [4.78, 5) is 16.5. The van der Waals surface area contributed by atoms with Gasteiger partial charge in [-0.3, -0.25) is 9.48 Å². The maximum Gasteiger partial charge on any atom is 0.250 e. The monoisotopic (exact) mass is 272 g/mol.